The molecule has 0 fully saturated rings. The molecule has 0 unspecified atom stereocenters. The molecule has 98 valence electrons. The van der Waals surface area contributed by atoms with E-state index in [0.29, 0.717) is 19.2 Å². The van der Waals surface area contributed by atoms with Crippen LogP contribution in [0.25, 0.3) is 4.96 Å². The van der Waals surface area contributed by atoms with E-state index in [1.165, 1.54) is 11.3 Å². The molecule has 18 heavy (non-hydrogen) atoms. The summed E-state index contributed by atoms with van der Waals surface area (Å²) in [4.78, 5) is 16.4. The summed E-state index contributed by atoms with van der Waals surface area (Å²) in [5.41, 5.74) is 0.986. The van der Waals surface area contributed by atoms with Crippen LogP contribution in [0.5, 0.6) is 0 Å². The van der Waals surface area contributed by atoms with Gasteiger partial charge in [0, 0.05) is 12.5 Å². The Balaban J connectivity index is 1.86. The number of nitrogens with one attached hydrogen (secondary N) is 1. The fourth-order valence-electron chi connectivity index (χ4n) is 1.31. The van der Waals surface area contributed by atoms with Crippen molar-refractivity contribution in [1.29, 1.82) is 0 Å². The standard InChI is InChI=1S/C10H14N4O3S/c1-7-6-18-10-12-9(13-14(7)10)11-8(15)5-17-4-3-16-2/h6H,3-5H2,1-2H3,(H,11,13,15). The van der Waals surface area contributed by atoms with Crippen LogP contribution in [0, 0.1) is 6.92 Å². The average molecular weight is 270 g/mol. The van der Waals surface area contributed by atoms with Crippen LogP contribution in [0.3, 0.4) is 0 Å². The molecule has 2 aromatic rings. The molecule has 0 aliphatic carbocycles. The lowest BCUT2D eigenvalue weighted by atomic mass is 10.6. The van der Waals surface area contributed by atoms with Crippen molar-refractivity contribution in [2.75, 3.05) is 32.2 Å². The topological polar surface area (TPSA) is 77.8 Å². The van der Waals surface area contributed by atoms with Crippen LogP contribution < -0.4 is 5.32 Å². The number of thiazole rings is 1. The van der Waals surface area contributed by atoms with Crippen LogP contribution in [-0.4, -0.2) is 47.4 Å². The third kappa shape index (κ3) is 3.03. The van der Waals surface area contributed by atoms with E-state index in [9.17, 15) is 4.79 Å². The minimum absolute atomic E-state index is 0.0325. The van der Waals surface area contributed by atoms with E-state index >= 15 is 0 Å². The quantitative estimate of drug-likeness (QED) is 0.782. The number of rotatable bonds is 6. The molecule has 0 aliphatic heterocycles. The third-order valence-corrected chi connectivity index (χ3v) is 3.10. The molecule has 0 aliphatic rings. The molecular weight excluding hydrogens is 256 g/mol. The zero-order valence-corrected chi connectivity index (χ0v) is 11.0. The minimum atomic E-state index is -0.276. The zero-order chi connectivity index (χ0) is 13.0. The van der Waals surface area contributed by atoms with Crippen molar-refractivity contribution in [3.63, 3.8) is 0 Å². The SMILES string of the molecule is COCCOCC(=O)Nc1nc2scc(C)n2n1. The molecule has 1 N–H and O–H groups in total. The number of nitrogens with zero attached hydrogens (tertiary/aromatic N) is 3. The molecular formula is C10H14N4O3S. The molecule has 0 aromatic carbocycles. The minimum Gasteiger partial charge on any atom is -0.382 e. The van der Waals surface area contributed by atoms with Crippen LogP contribution in [-0.2, 0) is 14.3 Å². The first-order valence-electron chi connectivity index (χ1n) is 5.38. The molecule has 7 nitrogen and oxygen atoms in total. The predicted molar refractivity (Wildman–Crippen MR) is 66.9 cm³/mol. The maximum absolute atomic E-state index is 11.5. The fraction of sp³-hybridized carbons (Fsp3) is 0.500. The highest BCUT2D eigenvalue weighted by Crippen LogP contribution is 2.14. The Morgan fingerprint density at radius 2 is 2.39 bits per heavy atom. The first kappa shape index (κ1) is 12.9. The summed E-state index contributed by atoms with van der Waals surface area (Å²) in [5.74, 6) is 0.0206. The Morgan fingerprint density at radius 3 is 3.11 bits per heavy atom. The zero-order valence-electron chi connectivity index (χ0n) is 10.2. The normalized spacial score (nSPS) is 11.0. The molecule has 2 aromatic heterocycles. The molecule has 2 rings (SSSR count). The van der Waals surface area contributed by atoms with Gasteiger partial charge in [-0.25, -0.2) is 4.52 Å². The monoisotopic (exact) mass is 270 g/mol. The highest BCUT2D eigenvalue weighted by Gasteiger charge is 2.10. The Labute approximate surface area is 108 Å². The smallest absolute Gasteiger partial charge is 0.252 e. The predicted octanol–water partition coefficient (Wildman–Crippen LogP) is 0.701. The van der Waals surface area contributed by atoms with E-state index in [1.54, 1.807) is 11.6 Å². The summed E-state index contributed by atoms with van der Waals surface area (Å²) < 4.78 is 11.6. The average Bonchev–Trinajstić information content (AvgIpc) is 2.87. The van der Waals surface area contributed by atoms with Crippen LogP contribution in [0.1, 0.15) is 5.69 Å². The van der Waals surface area contributed by atoms with Crippen molar-refractivity contribution in [1.82, 2.24) is 14.6 Å². The van der Waals surface area contributed by atoms with Crippen molar-refractivity contribution >= 4 is 28.2 Å². The van der Waals surface area contributed by atoms with Crippen LogP contribution in [0.15, 0.2) is 5.38 Å². The van der Waals surface area contributed by atoms with Gasteiger partial charge < -0.3 is 9.47 Å². The summed E-state index contributed by atoms with van der Waals surface area (Å²) in [7, 11) is 1.58. The fourth-order valence-corrected chi connectivity index (χ4v) is 2.11. The number of amides is 1. The second-order valence-electron chi connectivity index (χ2n) is 3.60. The van der Waals surface area contributed by atoms with Gasteiger partial charge >= 0.3 is 0 Å². The van der Waals surface area contributed by atoms with E-state index in [2.05, 4.69) is 15.4 Å². The lowest BCUT2D eigenvalue weighted by molar-refractivity contribution is -0.121. The number of anilines is 1. The Hall–Kier alpha value is -1.51. The van der Waals surface area contributed by atoms with Crippen LogP contribution >= 0.6 is 11.3 Å². The van der Waals surface area contributed by atoms with E-state index in [-0.39, 0.29) is 12.5 Å². The number of aromatic nitrogens is 3. The van der Waals surface area contributed by atoms with Gasteiger partial charge in [0.05, 0.1) is 18.9 Å². The highest BCUT2D eigenvalue weighted by molar-refractivity contribution is 7.15. The number of ether oxygens (including phenoxy) is 2. The van der Waals surface area contributed by atoms with Crippen molar-refractivity contribution < 1.29 is 14.3 Å². The van der Waals surface area contributed by atoms with Crippen molar-refractivity contribution in [3.8, 4) is 0 Å². The maximum atomic E-state index is 11.5. The second kappa shape index (κ2) is 5.89. The molecule has 0 bridgehead atoms. The molecule has 2 heterocycles. The van der Waals surface area contributed by atoms with Gasteiger partial charge in [0.2, 0.25) is 4.96 Å². The van der Waals surface area contributed by atoms with Gasteiger partial charge in [-0.3, -0.25) is 10.1 Å². The van der Waals surface area contributed by atoms with Gasteiger partial charge in [0.15, 0.2) is 0 Å². The van der Waals surface area contributed by atoms with Crippen molar-refractivity contribution in [2.24, 2.45) is 0 Å². The number of hydrogen-bond donors (Lipinski definition) is 1. The Kier molecular flexibility index (Phi) is 4.24. The first-order valence-corrected chi connectivity index (χ1v) is 6.26. The number of aryl methyl sites for hydroxylation is 1. The molecule has 0 radical (unpaired) electrons. The summed E-state index contributed by atoms with van der Waals surface area (Å²) >= 11 is 1.48. The van der Waals surface area contributed by atoms with Gasteiger partial charge in [0.1, 0.15) is 6.61 Å². The van der Waals surface area contributed by atoms with Gasteiger partial charge in [-0.15, -0.1) is 16.4 Å². The molecule has 8 heteroatoms. The number of fused-ring (bicyclic) bond motifs is 1. The van der Waals surface area contributed by atoms with E-state index in [4.69, 9.17) is 9.47 Å². The lowest BCUT2D eigenvalue weighted by Crippen LogP contribution is -2.20. The molecule has 0 spiro atoms. The van der Waals surface area contributed by atoms with Crippen LogP contribution in [0.4, 0.5) is 5.95 Å². The largest absolute Gasteiger partial charge is 0.382 e. The maximum Gasteiger partial charge on any atom is 0.252 e. The number of carbonyl (C=O) groups excluding carboxylic acids is 1. The van der Waals surface area contributed by atoms with Gasteiger partial charge in [-0.05, 0) is 6.92 Å². The van der Waals surface area contributed by atoms with Gasteiger partial charge in [-0.1, -0.05) is 0 Å². The van der Waals surface area contributed by atoms with E-state index < -0.39 is 0 Å². The summed E-state index contributed by atoms with van der Waals surface area (Å²) in [6, 6.07) is 0. The summed E-state index contributed by atoms with van der Waals surface area (Å²) in [6.45, 7) is 2.74. The van der Waals surface area contributed by atoms with E-state index in [1.807, 2.05) is 12.3 Å². The van der Waals surface area contributed by atoms with Crippen molar-refractivity contribution in [3.05, 3.63) is 11.1 Å². The Morgan fingerprint density at radius 1 is 1.56 bits per heavy atom. The van der Waals surface area contributed by atoms with E-state index in [0.717, 1.165) is 10.7 Å². The second-order valence-corrected chi connectivity index (χ2v) is 4.44. The first-order chi connectivity index (χ1) is 8.70. The number of hydrogen-bond acceptors (Lipinski definition) is 6. The summed E-state index contributed by atoms with van der Waals surface area (Å²) in [6.07, 6.45) is 0. The molecule has 0 atom stereocenters. The number of methoxy groups -OCH3 is 1. The Bertz CT molecular complexity index is 536. The van der Waals surface area contributed by atoms with Gasteiger partial charge in [-0.2, -0.15) is 4.98 Å². The van der Waals surface area contributed by atoms with Crippen molar-refractivity contribution in [2.45, 2.75) is 6.92 Å². The summed E-state index contributed by atoms with van der Waals surface area (Å²) in [5, 5.41) is 8.69. The van der Waals surface area contributed by atoms with Crippen LogP contribution in [0.2, 0.25) is 0 Å². The molecule has 0 saturated carbocycles. The molecule has 1 amide bonds. The third-order valence-electron chi connectivity index (χ3n) is 2.16. The van der Waals surface area contributed by atoms with Gasteiger partial charge in [0.25, 0.3) is 11.9 Å². The highest BCUT2D eigenvalue weighted by atomic mass is 32.1. The molecule has 0 saturated heterocycles. The lowest BCUT2D eigenvalue weighted by Gasteiger charge is -2.02. The number of carbonyl (C=O) groups is 1.